The van der Waals surface area contributed by atoms with Crippen molar-refractivity contribution in [2.24, 2.45) is 0 Å². The van der Waals surface area contributed by atoms with Gasteiger partial charge in [0, 0.05) is 16.8 Å². The molecule has 1 aromatic carbocycles. The van der Waals surface area contributed by atoms with Crippen molar-refractivity contribution in [2.75, 3.05) is 10.6 Å². The summed E-state index contributed by atoms with van der Waals surface area (Å²) in [5, 5.41) is 10.0. The fourth-order valence-corrected chi connectivity index (χ4v) is 2.15. The van der Waals surface area contributed by atoms with E-state index in [4.69, 9.17) is 16.1 Å². The maximum atomic E-state index is 12.2. The van der Waals surface area contributed by atoms with E-state index in [2.05, 4.69) is 25.8 Å². The zero-order valence-corrected chi connectivity index (χ0v) is 13.8. The zero-order valence-electron chi connectivity index (χ0n) is 13.0. The molecule has 0 bridgehead atoms. The summed E-state index contributed by atoms with van der Waals surface area (Å²) in [6.07, 6.45) is 2.83. The lowest BCUT2D eigenvalue weighted by Crippen LogP contribution is -2.15. The number of carbonyl (C=O) groups excluding carboxylic acids is 1. The Labute approximate surface area is 143 Å². The van der Waals surface area contributed by atoms with E-state index in [0.717, 1.165) is 5.56 Å². The molecule has 122 valence electrons. The Morgan fingerprint density at radius 1 is 1.12 bits per heavy atom. The number of hydrogen-bond acceptors (Lipinski definition) is 6. The maximum Gasteiger partial charge on any atom is 0.275 e. The molecule has 0 aliphatic rings. The number of aryl methyl sites for hydroxylation is 2. The molecule has 0 fully saturated rings. The molecule has 0 unspecified atom stereocenters. The van der Waals surface area contributed by atoms with Crippen LogP contribution in [0.1, 0.15) is 21.8 Å². The molecule has 7 nitrogen and oxygen atoms in total. The van der Waals surface area contributed by atoms with Crippen molar-refractivity contribution >= 4 is 34.8 Å². The monoisotopic (exact) mass is 343 g/mol. The van der Waals surface area contributed by atoms with Crippen LogP contribution in [0.25, 0.3) is 0 Å². The number of aromatic nitrogens is 3. The summed E-state index contributed by atoms with van der Waals surface area (Å²) in [5.74, 6) is 1.29. The third kappa shape index (κ3) is 3.69. The molecule has 0 spiro atoms. The number of hydrogen-bond donors (Lipinski definition) is 2. The minimum absolute atomic E-state index is 0.191. The molecule has 0 aliphatic carbocycles. The molecule has 2 aromatic heterocycles. The minimum atomic E-state index is -0.364. The number of benzene rings is 1. The van der Waals surface area contributed by atoms with Gasteiger partial charge in [-0.3, -0.25) is 4.79 Å². The molecule has 1 amide bonds. The highest BCUT2D eigenvalue weighted by Crippen LogP contribution is 2.20. The Balaban J connectivity index is 1.70. The van der Waals surface area contributed by atoms with Gasteiger partial charge in [-0.05, 0) is 31.5 Å². The molecular formula is C16H14ClN5O2. The predicted octanol–water partition coefficient (Wildman–Crippen LogP) is 3.73. The Bertz CT molecular complexity index is 876. The first-order chi connectivity index (χ1) is 11.5. The van der Waals surface area contributed by atoms with Gasteiger partial charge in [0.25, 0.3) is 5.91 Å². The van der Waals surface area contributed by atoms with E-state index >= 15 is 0 Å². The van der Waals surface area contributed by atoms with Crippen LogP contribution in [0, 0.1) is 13.8 Å². The van der Waals surface area contributed by atoms with Crippen molar-refractivity contribution in [3.8, 4) is 0 Å². The molecule has 0 radical (unpaired) electrons. The average molecular weight is 344 g/mol. The van der Waals surface area contributed by atoms with Crippen molar-refractivity contribution in [2.45, 2.75) is 13.8 Å². The summed E-state index contributed by atoms with van der Waals surface area (Å²) in [6, 6.07) is 7.00. The van der Waals surface area contributed by atoms with Gasteiger partial charge in [-0.25, -0.2) is 9.97 Å². The van der Waals surface area contributed by atoms with E-state index in [-0.39, 0.29) is 11.6 Å². The van der Waals surface area contributed by atoms with Crippen molar-refractivity contribution in [1.29, 1.82) is 0 Å². The van der Waals surface area contributed by atoms with Gasteiger partial charge in [-0.15, -0.1) is 0 Å². The van der Waals surface area contributed by atoms with Crippen molar-refractivity contribution in [3.63, 3.8) is 0 Å². The molecule has 0 aliphatic heterocycles. The first kappa shape index (κ1) is 15.9. The Morgan fingerprint density at radius 2 is 1.96 bits per heavy atom. The van der Waals surface area contributed by atoms with Crippen molar-refractivity contribution in [1.82, 2.24) is 15.1 Å². The van der Waals surface area contributed by atoms with Gasteiger partial charge in [0.05, 0.1) is 12.4 Å². The molecule has 2 heterocycles. The molecule has 2 N–H and O–H groups in total. The van der Waals surface area contributed by atoms with E-state index in [0.29, 0.717) is 28.1 Å². The van der Waals surface area contributed by atoms with Gasteiger partial charge in [0.2, 0.25) is 0 Å². The van der Waals surface area contributed by atoms with Gasteiger partial charge >= 0.3 is 0 Å². The van der Waals surface area contributed by atoms with Crippen LogP contribution in [0.3, 0.4) is 0 Å². The lowest BCUT2D eigenvalue weighted by Gasteiger charge is -2.08. The van der Waals surface area contributed by atoms with E-state index in [1.165, 1.54) is 12.4 Å². The van der Waals surface area contributed by atoms with Crippen LogP contribution in [0.4, 0.5) is 17.3 Å². The van der Waals surface area contributed by atoms with E-state index in [1.54, 1.807) is 25.1 Å². The molecule has 0 saturated heterocycles. The standard InChI is InChI=1S/C16H14ClN5O2/c1-9-3-4-11(17)6-12(9)20-16(23)13-7-19-15(8-18-13)21-14-5-10(2)24-22-14/h3-8H,1-2H3,(H,20,23)(H,19,21,22). The SMILES string of the molecule is Cc1cc(Nc2cnc(C(=O)Nc3cc(Cl)ccc3C)cn2)no1. The molecule has 0 atom stereocenters. The quantitative estimate of drug-likeness (QED) is 0.749. The highest BCUT2D eigenvalue weighted by atomic mass is 35.5. The summed E-state index contributed by atoms with van der Waals surface area (Å²) in [7, 11) is 0. The van der Waals surface area contributed by atoms with Gasteiger partial charge in [0.1, 0.15) is 17.3 Å². The van der Waals surface area contributed by atoms with Gasteiger partial charge in [-0.2, -0.15) is 0 Å². The van der Waals surface area contributed by atoms with E-state index in [9.17, 15) is 4.79 Å². The number of carbonyl (C=O) groups is 1. The molecule has 3 aromatic rings. The fraction of sp³-hybridized carbons (Fsp3) is 0.125. The molecule has 0 saturated carbocycles. The number of amides is 1. The molecule has 8 heteroatoms. The minimum Gasteiger partial charge on any atom is -0.360 e. The third-order valence-electron chi connectivity index (χ3n) is 3.22. The van der Waals surface area contributed by atoms with Crippen molar-refractivity contribution < 1.29 is 9.32 Å². The fourth-order valence-electron chi connectivity index (χ4n) is 1.98. The second-order valence-corrected chi connectivity index (χ2v) is 5.58. The van der Waals surface area contributed by atoms with Crippen LogP contribution in [-0.2, 0) is 0 Å². The maximum absolute atomic E-state index is 12.2. The zero-order chi connectivity index (χ0) is 17.1. The summed E-state index contributed by atoms with van der Waals surface area (Å²) < 4.78 is 4.95. The number of halogens is 1. The molecular weight excluding hydrogens is 330 g/mol. The van der Waals surface area contributed by atoms with Crippen molar-refractivity contribution in [3.05, 3.63) is 58.7 Å². The van der Waals surface area contributed by atoms with Crippen LogP contribution >= 0.6 is 11.6 Å². The second-order valence-electron chi connectivity index (χ2n) is 5.15. The third-order valence-corrected chi connectivity index (χ3v) is 3.45. The van der Waals surface area contributed by atoms with Crippen LogP contribution in [-0.4, -0.2) is 21.0 Å². The Kier molecular flexibility index (Phi) is 4.43. The largest absolute Gasteiger partial charge is 0.360 e. The van der Waals surface area contributed by atoms with Gasteiger partial charge in [-0.1, -0.05) is 22.8 Å². The first-order valence-corrected chi connectivity index (χ1v) is 7.49. The topological polar surface area (TPSA) is 92.9 Å². The van der Waals surface area contributed by atoms with Crippen LogP contribution in [0.5, 0.6) is 0 Å². The summed E-state index contributed by atoms with van der Waals surface area (Å²) in [4.78, 5) is 20.5. The lowest BCUT2D eigenvalue weighted by atomic mass is 10.2. The second kappa shape index (κ2) is 6.67. The highest BCUT2D eigenvalue weighted by molar-refractivity contribution is 6.31. The number of rotatable bonds is 4. The Morgan fingerprint density at radius 3 is 2.62 bits per heavy atom. The normalized spacial score (nSPS) is 10.5. The molecule has 3 rings (SSSR count). The van der Waals surface area contributed by atoms with E-state index < -0.39 is 0 Å². The lowest BCUT2D eigenvalue weighted by molar-refractivity contribution is 0.102. The summed E-state index contributed by atoms with van der Waals surface area (Å²) in [5.41, 5.74) is 1.73. The molecule has 24 heavy (non-hydrogen) atoms. The van der Waals surface area contributed by atoms with E-state index in [1.807, 2.05) is 13.0 Å². The first-order valence-electron chi connectivity index (χ1n) is 7.11. The number of nitrogens with zero attached hydrogens (tertiary/aromatic N) is 3. The summed E-state index contributed by atoms with van der Waals surface area (Å²) >= 11 is 5.94. The van der Waals surface area contributed by atoms with Crippen LogP contribution in [0.2, 0.25) is 5.02 Å². The van der Waals surface area contributed by atoms with Crippen LogP contribution in [0.15, 0.2) is 41.2 Å². The average Bonchev–Trinajstić information content (AvgIpc) is 2.96. The smallest absolute Gasteiger partial charge is 0.275 e. The highest BCUT2D eigenvalue weighted by Gasteiger charge is 2.11. The number of anilines is 3. The number of nitrogens with one attached hydrogen (secondary N) is 2. The van der Waals surface area contributed by atoms with Gasteiger partial charge < -0.3 is 15.2 Å². The predicted molar refractivity (Wildman–Crippen MR) is 90.7 cm³/mol. The summed E-state index contributed by atoms with van der Waals surface area (Å²) in [6.45, 7) is 3.67. The van der Waals surface area contributed by atoms with Crippen LogP contribution < -0.4 is 10.6 Å². The Hall–Kier alpha value is -2.93. The van der Waals surface area contributed by atoms with Gasteiger partial charge in [0.15, 0.2) is 5.82 Å².